The number of aromatic nitrogens is 1. The first-order valence-corrected chi connectivity index (χ1v) is 7.30. The molecule has 0 bridgehead atoms. The van der Waals surface area contributed by atoms with Gasteiger partial charge in [0.15, 0.2) is 0 Å². The molecule has 1 atom stereocenters. The van der Waals surface area contributed by atoms with Gasteiger partial charge in [-0.15, -0.1) is 0 Å². The molecule has 2 rings (SSSR count). The number of rotatable bonds is 5. The Morgan fingerprint density at radius 3 is 3.11 bits per heavy atom. The third-order valence-electron chi connectivity index (χ3n) is 3.17. The largest absolute Gasteiger partial charge is 0.376 e. The van der Waals surface area contributed by atoms with Gasteiger partial charge in [0, 0.05) is 26.2 Å². The molecule has 0 radical (unpaired) electrons. The van der Waals surface area contributed by atoms with E-state index in [9.17, 15) is 0 Å². The summed E-state index contributed by atoms with van der Waals surface area (Å²) in [6.07, 6.45) is 1.37. The smallest absolute Gasteiger partial charge is 0.126 e. The Morgan fingerprint density at radius 1 is 1.53 bits per heavy atom. The fourth-order valence-corrected chi connectivity index (χ4v) is 2.36. The molecule has 4 nitrogen and oxygen atoms in total. The molecule has 5 heteroatoms. The number of pyridine rings is 1. The molecule has 1 aromatic rings. The van der Waals surface area contributed by atoms with Gasteiger partial charge in [0.05, 0.1) is 23.4 Å². The Labute approximate surface area is 120 Å². The van der Waals surface area contributed by atoms with Crippen LogP contribution < -0.4 is 5.32 Å². The van der Waals surface area contributed by atoms with Crippen molar-refractivity contribution >= 4 is 17.4 Å². The molecule has 1 aromatic heterocycles. The van der Waals surface area contributed by atoms with Crippen LogP contribution in [0.25, 0.3) is 0 Å². The van der Waals surface area contributed by atoms with E-state index in [0.717, 1.165) is 55.7 Å². The van der Waals surface area contributed by atoms with E-state index in [1.807, 2.05) is 12.1 Å². The Morgan fingerprint density at radius 2 is 2.37 bits per heavy atom. The van der Waals surface area contributed by atoms with Crippen molar-refractivity contribution < 1.29 is 4.74 Å². The maximum Gasteiger partial charge on any atom is 0.126 e. The quantitative estimate of drug-likeness (QED) is 0.902. The fraction of sp³-hybridized carbons (Fsp3) is 0.643. The first kappa shape index (κ1) is 14.6. The first-order valence-electron chi connectivity index (χ1n) is 6.92. The number of nitrogens with one attached hydrogen (secondary N) is 1. The average molecular weight is 284 g/mol. The molecule has 19 heavy (non-hydrogen) atoms. The summed E-state index contributed by atoms with van der Waals surface area (Å²) < 4.78 is 5.55. The highest BCUT2D eigenvalue weighted by molar-refractivity contribution is 6.31. The standard InChI is InChI=1S/C14H22ClN3O/c1-3-6-16-14-5-4-12(15)13(17-14)10-18-7-8-19-11(2)9-18/h4-5,11H,3,6-10H2,1-2H3,(H,16,17). The molecule has 0 amide bonds. The first-order chi connectivity index (χ1) is 9.19. The highest BCUT2D eigenvalue weighted by atomic mass is 35.5. The molecule has 0 aliphatic carbocycles. The Balaban J connectivity index is 2.01. The van der Waals surface area contributed by atoms with Crippen molar-refractivity contribution in [2.75, 3.05) is 31.6 Å². The lowest BCUT2D eigenvalue weighted by molar-refractivity contribution is -0.0215. The monoisotopic (exact) mass is 283 g/mol. The molecule has 1 fully saturated rings. The second-order valence-corrected chi connectivity index (χ2v) is 5.38. The van der Waals surface area contributed by atoms with Crippen LogP contribution in [0.2, 0.25) is 5.02 Å². The summed E-state index contributed by atoms with van der Waals surface area (Å²) >= 11 is 6.24. The predicted molar refractivity (Wildman–Crippen MR) is 78.7 cm³/mol. The van der Waals surface area contributed by atoms with E-state index in [2.05, 4.69) is 29.0 Å². The molecular weight excluding hydrogens is 262 g/mol. The van der Waals surface area contributed by atoms with Crippen molar-refractivity contribution in [2.45, 2.75) is 32.9 Å². The summed E-state index contributed by atoms with van der Waals surface area (Å²) in [6, 6.07) is 3.86. The zero-order valence-corrected chi connectivity index (χ0v) is 12.4. The van der Waals surface area contributed by atoms with Crippen LogP contribution in [-0.4, -0.2) is 42.2 Å². The van der Waals surface area contributed by atoms with Crippen LogP contribution in [0.5, 0.6) is 0 Å². The van der Waals surface area contributed by atoms with Crippen LogP contribution in [0.15, 0.2) is 12.1 Å². The average Bonchev–Trinajstić information content (AvgIpc) is 2.40. The number of ether oxygens (including phenoxy) is 1. The van der Waals surface area contributed by atoms with E-state index >= 15 is 0 Å². The van der Waals surface area contributed by atoms with Crippen LogP contribution in [0.3, 0.4) is 0 Å². The van der Waals surface area contributed by atoms with Crippen LogP contribution in [0, 0.1) is 0 Å². The van der Waals surface area contributed by atoms with Crippen molar-refractivity contribution in [3.05, 3.63) is 22.8 Å². The van der Waals surface area contributed by atoms with Gasteiger partial charge in [-0.05, 0) is 25.5 Å². The Bertz CT molecular complexity index is 414. The van der Waals surface area contributed by atoms with Crippen LogP contribution in [0.1, 0.15) is 26.0 Å². The van der Waals surface area contributed by atoms with Crippen molar-refractivity contribution in [3.8, 4) is 0 Å². The third kappa shape index (κ3) is 4.34. The maximum absolute atomic E-state index is 6.24. The minimum Gasteiger partial charge on any atom is -0.376 e. The summed E-state index contributed by atoms with van der Waals surface area (Å²) in [5.74, 6) is 0.905. The van der Waals surface area contributed by atoms with Gasteiger partial charge in [-0.2, -0.15) is 0 Å². The van der Waals surface area contributed by atoms with Gasteiger partial charge < -0.3 is 10.1 Å². The maximum atomic E-state index is 6.24. The lowest BCUT2D eigenvalue weighted by Crippen LogP contribution is -2.40. The molecule has 0 spiro atoms. The Kier molecular flexibility index (Phi) is 5.43. The molecule has 1 unspecified atom stereocenters. The number of anilines is 1. The van der Waals surface area contributed by atoms with Crippen molar-refractivity contribution in [1.29, 1.82) is 0 Å². The van der Waals surface area contributed by atoms with Gasteiger partial charge in [0.25, 0.3) is 0 Å². The summed E-state index contributed by atoms with van der Waals surface area (Å²) in [5, 5.41) is 4.03. The van der Waals surface area contributed by atoms with Crippen LogP contribution in [0.4, 0.5) is 5.82 Å². The summed E-state index contributed by atoms with van der Waals surface area (Å²) in [6.45, 7) is 8.61. The highest BCUT2D eigenvalue weighted by Gasteiger charge is 2.18. The number of hydrogen-bond acceptors (Lipinski definition) is 4. The number of hydrogen-bond donors (Lipinski definition) is 1. The van der Waals surface area contributed by atoms with Gasteiger partial charge in [0.2, 0.25) is 0 Å². The lowest BCUT2D eigenvalue weighted by Gasteiger charge is -2.31. The van der Waals surface area contributed by atoms with E-state index in [1.165, 1.54) is 0 Å². The van der Waals surface area contributed by atoms with E-state index in [0.29, 0.717) is 0 Å². The minimum absolute atomic E-state index is 0.286. The van der Waals surface area contributed by atoms with Crippen molar-refractivity contribution in [2.24, 2.45) is 0 Å². The van der Waals surface area contributed by atoms with Gasteiger partial charge in [-0.3, -0.25) is 4.90 Å². The van der Waals surface area contributed by atoms with Crippen LogP contribution >= 0.6 is 11.6 Å². The van der Waals surface area contributed by atoms with Gasteiger partial charge in [-0.25, -0.2) is 4.98 Å². The number of morpholine rings is 1. The molecule has 106 valence electrons. The van der Waals surface area contributed by atoms with Crippen LogP contribution in [-0.2, 0) is 11.3 Å². The summed E-state index contributed by atoms with van der Waals surface area (Å²) in [4.78, 5) is 6.94. The van der Waals surface area contributed by atoms with Crippen molar-refractivity contribution in [1.82, 2.24) is 9.88 Å². The molecule has 1 saturated heterocycles. The molecule has 1 aliphatic rings. The minimum atomic E-state index is 0.286. The SMILES string of the molecule is CCCNc1ccc(Cl)c(CN2CCOC(C)C2)n1. The van der Waals surface area contributed by atoms with Gasteiger partial charge >= 0.3 is 0 Å². The summed E-state index contributed by atoms with van der Waals surface area (Å²) in [7, 11) is 0. The molecular formula is C14H22ClN3O. The second-order valence-electron chi connectivity index (χ2n) is 4.97. The topological polar surface area (TPSA) is 37.4 Å². The Hall–Kier alpha value is -0.840. The van der Waals surface area contributed by atoms with E-state index in [-0.39, 0.29) is 6.10 Å². The second kappa shape index (κ2) is 7.08. The zero-order valence-electron chi connectivity index (χ0n) is 11.7. The number of halogens is 1. The lowest BCUT2D eigenvalue weighted by atomic mass is 10.2. The molecule has 1 N–H and O–H groups in total. The fourth-order valence-electron chi connectivity index (χ4n) is 2.19. The van der Waals surface area contributed by atoms with Crippen molar-refractivity contribution in [3.63, 3.8) is 0 Å². The number of nitrogens with zero attached hydrogens (tertiary/aromatic N) is 2. The zero-order chi connectivity index (χ0) is 13.7. The predicted octanol–water partition coefficient (Wildman–Crippen LogP) is 2.78. The van der Waals surface area contributed by atoms with E-state index in [4.69, 9.17) is 16.3 Å². The van der Waals surface area contributed by atoms with Gasteiger partial charge in [0.1, 0.15) is 5.82 Å². The molecule has 1 aliphatic heterocycles. The molecule has 2 heterocycles. The molecule has 0 saturated carbocycles. The van der Waals surface area contributed by atoms with Gasteiger partial charge in [-0.1, -0.05) is 18.5 Å². The highest BCUT2D eigenvalue weighted by Crippen LogP contribution is 2.19. The molecule has 0 aromatic carbocycles. The van der Waals surface area contributed by atoms with E-state index in [1.54, 1.807) is 0 Å². The summed E-state index contributed by atoms with van der Waals surface area (Å²) in [5.41, 5.74) is 0.942. The normalized spacial score (nSPS) is 20.5. The van der Waals surface area contributed by atoms with E-state index < -0.39 is 0 Å². The third-order valence-corrected chi connectivity index (χ3v) is 3.52.